The zero-order chi connectivity index (χ0) is 19.0. The lowest BCUT2D eigenvalue weighted by Gasteiger charge is -2.24. The van der Waals surface area contributed by atoms with Gasteiger partial charge in [0.25, 0.3) is 0 Å². The molecule has 138 valence electrons. The molecule has 5 heteroatoms. The molecular formula is C22H19F3N2. The fourth-order valence-electron chi connectivity index (χ4n) is 3.85. The summed E-state index contributed by atoms with van der Waals surface area (Å²) in [6, 6.07) is 16.7. The number of rotatable bonds is 1. The minimum Gasteiger partial charge on any atom is -0.309 e. The Bertz CT molecular complexity index is 1050. The molecule has 3 aromatic rings. The van der Waals surface area contributed by atoms with E-state index in [9.17, 15) is 13.2 Å². The molecule has 27 heavy (non-hydrogen) atoms. The van der Waals surface area contributed by atoms with Crippen molar-refractivity contribution in [2.24, 2.45) is 0 Å². The Morgan fingerprint density at radius 3 is 2.63 bits per heavy atom. The summed E-state index contributed by atoms with van der Waals surface area (Å²) >= 11 is 0. The van der Waals surface area contributed by atoms with Crippen molar-refractivity contribution in [3.8, 4) is 12.0 Å². The topological polar surface area (TPSA) is 17.0 Å². The number of nitrogens with zero attached hydrogens (tertiary/aromatic N) is 1. The highest BCUT2D eigenvalue weighted by molar-refractivity contribution is 5.87. The fraction of sp³-hybridized carbons (Fsp3) is 0.273. The van der Waals surface area contributed by atoms with Crippen LogP contribution >= 0.6 is 0 Å². The SMILES string of the molecule is CCC1NCCc2c1c1ccccc1n2C#Cc1ccccc1C(F)(F)F. The largest absolute Gasteiger partial charge is 0.417 e. The summed E-state index contributed by atoms with van der Waals surface area (Å²) in [4.78, 5) is 0. The number of hydrogen-bond acceptors (Lipinski definition) is 1. The van der Waals surface area contributed by atoms with Crippen LogP contribution in [0, 0.1) is 12.0 Å². The number of nitrogens with one attached hydrogen (secondary N) is 1. The van der Waals surface area contributed by atoms with Crippen molar-refractivity contribution in [1.82, 2.24) is 9.88 Å². The van der Waals surface area contributed by atoms with Gasteiger partial charge >= 0.3 is 6.18 Å². The molecule has 4 rings (SSSR count). The monoisotopic (exact) mass is 368 g/mol. The molecule has 0 amide bonds. The maximum atomic E-state index is 13.3. The first-order valence-electron chi connectivity index (χ1n) is 9.04. The number of alkyl halides is 3. The van der Waals surface area contributed by atoms with Crippen LogP contribution in [-0.4, -0.2) is 11.1 Å². The summed E-state index contributed by atoms with van der Waals surface area (Å²) in [6.45, 7) is 2.97. The highest BCUT2D eigenvalue weighted by atomic mass is 19.4. The van der Waals surface area contributed by atoms with E-state index in [0.717, 1.165) is 42.0 Å². The van der Waals surface area contributed by atoms with Gasteiger partial charge in [0.05, 0.1) is 11.1 Å². The van der Waals surface area contributed by atoms with Crippen molar-refractivity contribution in [2.45, 2.75) is 32.0 Å². The van der Waals surface area contributed by atoms with E-state index in [1.807, 2.05) is 22.8 Å². The zero-order valence-corrected chi connectivity index (χ0v) is 14.9. The van der Waals surface area contributed by atoms with E-state index in [1.54, 1.807) is 6.07 Å². The van der Waals surface area contributed by atoms with Crippen molar-refractivity contribution in [3.05, 3.63) is 70.9 Å². The molecule has 0 radical (unpaired) electrons. The lowest BCUT2D eigenvalue weighted by Crippen LogP contribution is -2.29. The van der Waals surface area contributed by atoms with E-state index in [1.165, 1.54) is 17.7 Å². The van der Waals surface area contributed by atoms with Gasteiger partial charge < -0.3 is 5.32 Å². The summed E-state index contributed by atoms with van der Waals surface area (Å²) in [5.74, 6) is 2.77. The standard InChI is InChI=1S/C22H19F3N2/c1-2-18-21-16-8-4-6-10-19(16)27(20(21)11-13-26-18)14-12-15-7-3-5-9-17(15)22(23,24)25/h3-10,18,26H,2,11,13H2,1H3. The van der Waals surface area contributed by atoms with Gasteiger partial charge in [0.15, 0.2) is 0 Å². The Hall–Kier alpha value is -2.71. The van der Waals surface area contributed by atoms with Crippen LogP contribution in [0.5, 0.6) is 0 Å². The smallest absolute Gasteiger partial charge is 0.309 e. The molecule has 2 aromatic carbocycles. The third-order valence-corrected chi connectivity index (χ3v) is 5.06. The van der Waals surface area contributed by atoms with Crippen LogP contribution in [0.4, 0.5) is 13.2 Å². The first-order valence-corrected chi connectivity index (χ1v) is 9.04. The number of hydrogen-bond donors (Lipinski definition) is 1. The maximum absolute atomic E-state index is 13.3. The molecule has 0 fully saturated rings. The summed E-state index contributed by atoms with van der Waals surface area (Å²) < 4.78 is 41.6. The van der Waals surface area contributed by atoms with Gasteiger partial charge in [0, 0.05) is 41.7 Å². The van der Waals surface area contributed by atoms with Crippen LogP contribution in [0.3, 0.4) is 0 Å². The van der Waals surface area contributed by atoms with Crippen molar-refractivity contribution >= 4 is 10.9 Å². The molecule has 0 bridgehead atoms. The Labute approximate surface area is 156 Å². The highest BCUT2D eigenvalue weighted by Gasteiger charge is 2.32. The van der Waals surface area contributed by atoms with E-state index in [0.29, 0.717) is 0 Å². The molecular weight excluding hydrogens is 349 g/mol. The minimum absolute atomic E-state index is 0.00231. The molecule has 1 aliphatic rings. The fourth-order valence-corrected chi connectivity index (χ4v) is 3.85. The Kier molecular flexibility index (Phi) is 4.45. The van der Waals surface area contributed by atoms with E-state index < -0.39 is 11.7 Å². The number of fused-ring (bicyclic) bond motifs is 3. The van der Waals surface area contributed by atoms with Gasteiger partial charge in [-0.05, 0) is 36.1 Å². The number of halogens is 3. The lowest BCUT2D eigenvalue weighted by molar-refractivity contribution is -0.137. The molecule has 0 saturated heterocycles. The molecule has 1 unspecified atom stereocenters. The third kappa shape index (κ3) is 3.11. The van der Waals surface area contributed by atoms with Gasteiger partial charge in [-0.1, -0.05) is 37.3 Å². The number of aromatic nitrogens is 1. The second kappa shape index (κ2) is 6.79. The van der Waals surface area contributed by atoms with Crippen LogP contribution in [0.25, 0.3) is 10.9 Å². The molecule has 0 spiro atoms. The van der Waals surface area contributed by atoms with Gasteiger partial charge in [-0.2, -0.15) is 13.2 Å². The molecule has 0 saturated carbocycles. The zero-order valence-electron chi connectivity index (χ0n) is 14.9. The molecule has 2 heterocycles. The summed E-state index contributed by atoms with van der Waals surface area (Å²) in [5, 5.41) is 4.64. The first-order chi connectivity index (χ1) is 13.0. The van der Waals surface area contributed by atoms with Crippen molar-refractivity contribution in [2.75, 3.05) is 6.54 Å². The lowest BCUT2D eigenvalue weighted by atomic mass is 9.96. The van der Waals surface area contributed by atoms with Gasteiger partial charge in [-0.3, -0.25) is 4.57 Å². The molecule has 1 aromatic heterocycles. The van der Waals surface area contributed by atoms with Crippen LogP contribution < -0.4 is 5.32 Å². The van der Waals surface area contributed by atoms with Crippen molar-refractivity contribution in [1.29, 1.82) is 0 Å². The molecule has 1 aliphatic heterocycles. The average molecular weight is 368 g/mol. The van der Waals surface area contributed by atoms with E-state index in [4.69, 9.17) is 0 Å². The van der Waals surface area contributed by atoms with E-state index in [2.05, 4.69) is 30.3 Å². The predicted molar refractivity (Wildman–Crippen MR) is 100 cm³/mol. The quantitative estimate of drug-likeness (QED) is 0.591. The molecule has 1 atom stereocenters. The van der Waals surface area contributed by atoms with Crippen LogP contribution in [0.2, 0.25) is 0 Å². The minimum atomic E-state index is -4.42. The average Bonchev–Trinajstić information content (AvgIpc) is 3.00. The second-order valence-corrected chi connectivity index (χ2v) is 6.66. The van der Waals surface area contributed by atoms with E-state index >= 15 is 0 Å². The van der Waals surface area contributed by atoms with Crippen LogP contribution in [-0.2, 0) is 12.6 Å². The third-order valence-electron chi connectivity index (χ3n) is 5.06. The number of para-hydroxylation sites is 1. The first kappa shape index (κ1) is 17.7. The second-order valence-electron chi connectivity index (χ2n) is 6.66. The number of benzene rings is 2. The van der Waals surface area contributed by atoms with Gasteiger partial charge in [0.2, 0.25) is 0 Å². The normalized spacial score (nSPS) is 16.7. The van der Waals surface area contributed by atoms with Crippen molar-refractivity contribution in [3.63, 3.8) is 0 Å². The summed E-state index contributed by atoms with van der Waals surface area (Å²) in [6.07, 6.45) is -2.66. The van der Waals surface area contributed by atoms with Gasteiger partial charge in [0.1, 0.15) is 0 Å². The van der Waals surface area contributed by atoms with Gasteiger partial charge in [-0.15, -0.1) is 0 Å². The summed E-state index contributed by atoms with van der Waals surface area (Å²) in [7, 11) is 0. The predicted octanol–water partition coefficient (Wildman–Crippen LogP) is 5.11. The molecule has 2 nitrogen and oxygen atoms in total. The molecule has 0 aliphatic carbocycles. The van der Waals surface area contributed by atoms with Crippen LogP contribution in [0.1, 0.15) is 41.8 Å². The highest BCUT2D eigenvalue weighted by Crippen LogP contribution is 2.35. The Morgan fingerprint density at radius 2 is 1.85 bits per heavy atom. The van der Waals surface area contributed by atoms with Gasteiger partial charge in [-0.25, -0.2) is 0 Å². The Balaban J connectivity index is 1.90. The molecule has 1 N–H and O–H groups in total. The summed E-state index contributed by atoms with van der Waals surface area (Å²) in [5.41, 5.74) is 2.56. The maximum Gasteiger partial charge on any atom is 0.417 e. The van der Waals surface area contributed by atoms with Crippen LogP contribution in [0.15, 0.2) is 48.5 Å². The van der Waals surface area contributed by atoms with Crippen molar-refractivity contribution < 1.29 is 13.2 Å². The Morgan fingerprint density at radius 1 is 1.11 bits per heavy atom. The van der Waals surface area contributed by atoms with E-state index in [-0.39, 0.29) is 11.6 Å².